The van der Waals surface area contributed by atoms with E-state index in [1.54, 1.807) is 0 Å². The molecule has 1 aromatic carbocycles. The number of benzene rings is 1. The van der Waals surface area contributed by atoms with Gasteiger partial charge in [0.05, 0.1) is 6.10 Å². The van der Waals surface area contributed by atoms with Crippen molar-refractivity contribution < 1.29 is 5.11 Å². The van der Waals surface area contributed by atoms with E-state index in [9.17, 15) is 5.11 Å². The molecule has 2 N–H and O–H groups in total. The summed E-state index contributed by atoms with van der Waals surface area (Å²) in [5.41, 5.74) is 2.53. The van der Waals surface area contributed by atoms with Crippen molar-refractivity contribution >= 4 is 10.9 Å². The lowest BCUT2D eigenvalue weighted by atomic mass is 10.1. The molecular formula is C13H16N2O. The van der Waals surface area contributed by atoms with Gasteiger partial charge in [0, 0.05) is 36.7 Å². The Labute approximate surface area is 94.7 Å². The van der Waals surface area contributed by atoms with Gasteiger partial charge in [-0.15, -0.1) is 0 Å². The van der Waals surface area contributed by atoms with Crippen molar-refractivity contribution in [2.24, 2.45) is 0 Å². The zero-order valence-electron chi connectivity index (χ0n) is 9.19. The molecule has 2 heterocycles. The van der Waals surface area contributed by atoms with E-state index in [1.807, 2.05) is 6.20 Å². The van der Waals surface area contributed by atoms with Gasteiger partial charge in [-0.25, -0.2) is 0 Å². The van der Waals surface area contributed by atoms with Crippen LogP contribution in [-0.4, -0.2) is 34.2 Å². The fraction of sp³-hybridized carbons (Fsp3) is 0.385. The van der Waals surface area contributed by atoms with Crippen LogP contribution < -0.4 is 0 Å². The molecule has 1 aliphatic heterocycles. The van der Waals surface area contributed by atoms with Gasteiger partial charge in [-0.2, -0.15) is 0 Å². The van der Waals surface area contributed by atoms with Crippen LogP contribution in [0.15, 0.2) is 30.5 Å². The van der Waals surface area contributed by atoms with Gasteiger partial charge < -0.3 is 10.1 Å². The molecule has 3 rings (SSSR count). The van der Waals surface area contributed by atoms with Gasteiger partial charge in [0.1, 0.15) is 0 Å². The molecule has 1 saturated heterocycles. The number of β-amino-alcohol motifs (C(OH)–C–C–N with tert-alkyl or cyclic N) is 1. The van der Waals surface area contributed by atoms with Gasteiger partial charge in [0.2, 0.25) is 0 Å². The van der Waals surface area contributed by atoms with Gasteiger partial charge in [0.15, 0.2) is 0 Å². The molecule has 2 aromatic rings. The summed E-state index contributed by atoms with van der Waals surface area (Å²) in [6.07, 6.45) is 2.75. The predicted molar refractivity (Wildman–Crippen MR) is 64.2 cm³/mol. The molecule has 16 heavy (non-hydrogen) atoms. The summed E-state index contributed by atoms with van der Waals surface area (Å²) in [5, 5.41) is 10.8. The Bertz CT molecular complexity index is 491. The minimum absolute atomic E-state index is 0.134. The van der Waals surface area contributed by atoms with Crippen molar-refractivity contribution in [1.82, 2.24) is 9.88 Å². The number of hydrogen-bond donors (Lipinski definition) is 2. The van der Waals surface area contributed by atoms with Crippen molar-refractivity contribution in [3.05, 3.63) is 36.0 Å². The topological polar surface area (TPSA) is 39.3 Å². The highest BCUT2D eigenvalue weighted by Gasteiger charge is 2.20. The molecule has 1 atom stereocenters. The Morgan fingerprint density at radius 1 is 1.38 bits per heavy atom. The minimum atomic E-state index is -0.134. The Morgan fingerprint density at radius 3 is 3.12 bits per heavy atom. The van der Waals surface area contributed by atoms with Crippen LogP contribution in [0.5, 0.6) is 0 Å². The largest absolute Gasteiger partial charge is 0.392 e. The first-order valence-corrected chi connectivity index (χ1v) is 5.78. The minimum Gasteiger partial charge on any atom is -0.392 e. The molecular weight excluding hydrogens is 200 g/mol. The predicted octanol–water partition coefficient (Wildman–Crippen LogP) is 1.73. The van der Waals surface area contributed by atoms with Crippen LogP contribution in [0.3, 0.4) is 0 Å². The lowest BCUT2D eigenvalue weighted by Gasteiger charge is -2.15. The summed E-state index contributed by atoms with van der Waals surface area (Å²) in [7, 11) is 0. The summed E-state index contributed by atoms with van der Waals surface area (Å²) in [6, 6.07) is 8.47. The number of fused-ring (bicyclic) bond motifs is 1. The molecule has 84 valence electrons. The van der Waals surface area contributed by atoms with Crippen LogP contribution in [0.1, 0.15) is 12.0 Å². The monoisotopic (exact) mass is 216 g/mol. The Kier molecular flexibility index (Phi) is 2.42. The van der Waals surface area contributed by atoms with Crippen LogP contribution in [0.25, 0.3) is 10.9 Å². The van der Waals surface area contributed by atoms with E-state index >= 15 is 0 Å². The first kappa shape index (κ1) is 9.87. The van der Waals surface area contributed by atoms with Crippen molar-refractivity contribution in [2.45, 2.75) is 19.1 Å². The number of aliphatic hydroxyl groups is 1. The molecule has 0 radical (unpaired) electrons. The number of aromatic nitrogens is 1. The molecule has 1 fully saturated rings. The molecule has 1 aliphatic rings. The van der Waals surface area contributed by atoms with Gasteiger partial charge in [-0.3, -0.25) is 4.90 Å². The number of H-pyrrole nitrogens is 1. The summed E-state index contributed by atoms with van der Waals surface area (Å²) < 4.78 is 0. The summed E-state index contributed by atoms with van der Waals surface area (Å²) in [5.74, 6) is 0. The first-order chi connectivity index (χ1) is 7.83. The zero-order valence-corrected chi connectivity index (χ0v) is 9.19. The van der Waals surface area contributed by atoms with E-state index in [-0.39, 0.29) is 6.10 Å². The van der Waals surface area contributed by atoms with Crippen molar-refractivity contribution in [3.8, 4) is 0 Å². The maximum absolute atomic E-state index is 9.50. The molecule has 1 aromatic heterocycles. The average molecular weight is 216 g/mol. The Balaban J connectivity index is 1.86. The molecule has 0 bridgehead atoms. The lowest BCUT2D eigenvalue weighted by Crippen LogP contribution is -2.21. The second kappa shape index (κ2) is 3.92. The third-order valence-corrected chi connectivity index (χ3v) is 3.33. The normalized spacial score (nSPS) is 21.9. The molecule has 0 aliphatic carbocycles. The van der Waals surface area contributed by atoms with E-state index in [4.69, 9.17) is 0 Å². The lowest BCUT2D eigenvalue weighted by molar-refractivity contribution is 0.175. The number of nitrogens with one attached hydrogen (secondary N) is 1. The van der Waals surface area contributed by atoms with Crippen molar-refractivity contribution in [3.63, 3.8) is 0 Å². The second-order valence-electron chi connectivity index (χ2n) is 4.53. The number of aliphatic hydroxyl groups excluding tert-OH is 1. The van der Waals surface area contributed by atoms with Crippen LogP contribution in [0, 0.1) is 0 Å². The molecule has 3 heteroatoms. The third-order valence-electron chi connectivity index (χ3n) is 3.33. The number of rotatable bonds is 2. The number of aromatic amines is 1. The van der Waals surface area contributed by atoms with E-state index < -0.39 is 0 Å². The maximum Gasteiger partial charge on any atom is 0.0679 e. The molecule has 0 unspecified atom stereocenters. The highest BCUT2D eigenvalue weighted by Crippen LogP contribution is 2.20. The number of hydrogen-bond acceptors (Lipinski definition) is 2. The Hall–Kier alpha value is -1.32. The van der Waals surface area contributed by atoms with Crippen molar-refractivity contribution in [1.29, 1.82) is 0 Å². The summed E-state index contributed by atoms with van der Waals surface area (Å²) in [6.45, 7) is 2.75. The smallest absolute Gasteiger partial charge is 0.0679 e. The van der Waals surface area contributed by atoms with E-state index in [2.05, 4.69) is 34.1 Å². The number of likely N-dealkylation sites (tertiary alicyclic amines) is 1. The second-order valence-corrected chi connectivity index (χ2v) is 4.53. The highest BCUT2D eigenvalue weighted by atomic mass is 16.3. The van der Waals surface area contributed by atoms with Crippen molar-refractivity contribution in [2.75, 3.05) is 13.1 Å². The molecule has 0 saturated carbocycles. The van der Waals surface area contributed by atoms with Gasteiger partial charge >= 0.3 is 0 Å². The summed E-state index contributed by atoms with van der Waals surface area (Å²) in [4.78, 5) is 5.54. The fourth-order valence-electron chi connectivity index (χ4n) is 2.49. The third kappa shape index (κ3) is 1.72. The van der Waals surface area contributed by atoms with Crippen LogP contribution >= 0.6 is 0 Å². The highest BCUT2D eigenvalue weighted by molar-refractivity contribution is 5.82. The number of nitrogens with zero attached hydrogens (tertiary/aromatic N) is 1. The summed E-state index contributed by atoms with van der Waals surface area (Å²) >= 11 is 0. The standard InChI is InChI=1S/C13H16N2O/c16-11-5-7-15(9-11)8-10-2-1-3-13-12(10)4-6-14-13/h1-4,6,11,14,16H,5,7-9H2/t11-/m0/s1. The van der Waals surface area contributed by atoms with E-state index in [0.717, 1.165) is 26.1 Å². The maximum atomic E-state index is 9.50. The SMILES string of the molecule is O[C@H]1CCN(Cc2cccc3[nH]ccc23)C1. The molecule has 3 nitrogen and oxygen atoms in total. The van der Waals surface area contributed by atoms with Crippen LogP contribution in [-0.2, 0) is 6.54 Å². The van der Waals surface area contributed by atoms with Gasteiger partial charge in [-0.1, -0.05) is 12.1 Å². The fourth-order valence-corrected chi connectivity index (χ4v) is 2.49. The Morgan fingerprint density at radius 2 is 2.31 bits per heavy atom. The van der Waals surface area contributed by atoms with E-state index in [0.29, 0.717) is 0 Å². The molecule has 0 spiro atoms. The zero-order chi connectivity index (χ0) is 11.0. The van der Waals surface area contributed by atoms with Crippen LogP contribution in [0.2, 0.25) is 0 Å². The average Bonchev–Trinajstić information content (AvgIpc) is 2.87. The van der Waals surface area contributed by atoms with Crippen LogP contribution in [0.4, 0.5) is 0 Å². The van der Waals surface area contributed by atoms with Gasteiger partial charge in [0.25, 0.3) is 0 Å². The molecule has 0 amide bonds. The quantitative estimate of drug-likeness (QED) is 0.802. The van der Waals surface area contributed by atoms with E-state index in [1.165, 1.54) is 16.5 Å². The van der Waals surface area contributed by atoms with Gasteiger partial charge in [-0.05, 0) is 24.1 Å². The first-order valence-electron chi connectivity index (χ1n) is 5.78.